The van der Waals surface area contributed by atoms with E-state index in [0.29, 0.717) is 10.6 Å². The number of carbonyl (C=O) groups excluding carboxylic acids is 1. The quantitative estimate of drug-likeness (QED) is 0.252. The van der Waals surface area contributed by atoms with E-state index in [1.165, 1.54) is 0 Å². The van der Waals surface area contributed by atoms with E-state index in [1.54, 1.807) is 12.1 Å². The highest BCUT2D eigenvalue weighted by Gasteiger charge is 2.07. The minimum absolute atomic E-state index is 0.0743. The number of carbonyl (C=O) groups is 1. The van der Waals surface area contributed by atoms with Crippen LogP contribution in [0.15, 0.2) is 109 Å². The van der Waals surface area contributed by atoms with Crippen molar-refractivity contribution in [1.82, 2.24) is 0 Å². The SMILES string of the molecule is O=C(C=Cc1cccc(-c2ccccc2)c1)c1cc(Cl)cc(-c2ccccc2)c1. The molecule has 0 bridgehead atoms. The number of ketones is 1. The van der Waals surface area contributed by atoms with Crippen LogP contribution in [-0.2, 0) is 0 Å². The van der Waals surface area contributed by atoms with E-state index in [0.717, 1.165) is 27.8 Å². The highest BCUT2D eigenvalue weighted by Crippen LogP contribution is 2.25. The first kappa shape index (κ1) is 18.9. The summed E-state index contributed by atoms with van der Waals surface area (Å²) in [5.74, 6) is -0.0743. The second-order valence-corrected chi connectivity index (χ2v) is 7.22. The van der Waals surface area contributed by atoms with Crippen molar-refractivity contribution in [3.05, 3.63) is 125 Å². The molecule has 4 aromatic rings. The molecule has 29 heavy (non-hydrogen) atoms. The molecule has 0 fully saturated rings. The third-order valence-electron chi connectivity index (χ3n) is 4.71. The Morgan fingerprint density at radius 1 is 0.621 bits per heavy atom. The number of halogens is 1. The van der Waals surface area contributed by atoms with Crippen molar-refractivity contribution in [2.24, 2.45) is 0 Å². The van der Waals surface area contributed by atoms with Crippen molar-refractivity contribution in [2.45, 2.75) is 0 Å². The highest BCUT2D eigenvalue weighted by molar-refractivity contribution is 6.31. The molecule has 4 rings (SSSR count). The number of hydrogen-bond donors (Lipinski definition) is 0. The van der Waals surface area contributed by atoms with Gasteiger partial charge in [0.1, 0.15) is 0 Å². The second-order valence-electron chi connectivity index (χ2n) is 6.78. The van der Waals surface area contributed by atoms with E-state index in [1.807, 2.05) is 78.9 Å². The highest BCUT2D eigenvalue weighted by atomic mass is 35.5. The molecule has 1 nitrogen and oxygen atoms in total. The molecule has 0 atom stereocenters. The Labute approximate surface area is 175 Å². The lowest BCUT2D eigenvalue weighted by Gasteiger charge is -2.05. The summed E-state index contributed by atoms with van der Waals surface area (Å²) in [6, 6.07) is 33.7. The number of benzene rings is 4. The topological polar surface area (TPSA) is 17.1 Å². The summed E-state index contributed by atoms with van der Waals surface area (Å²) in [6.45, 7) is 0. The van der Waals surface area contributed by atoms with Gasteiger partial charge in [-0.05, 0) is 58.2 Å². The Balaban J connectivity index is 1.59. The maximum absolute atomic E-state index is 12.8. The van der Waals surface area contributed by atoms with E-state index in [4.69, 9.17) is 11.6 Å². The lowest BCUT2D eigenvalue weighted by molar-refractivity contribution is 0.104. The third-order valence-corrected chi connectivity index (χ3v) is 4.93. The lowest BCUT2D eigenvalue weighted by atomic mass is 10.00. The van der Waals surface area contributed by atoms with Crippen LogP contribution in [-0.4, -0.2) is 5.78 Å². The fraction of sp³-hybridized carbons (Fsp3) is 0. The van der Waals surface area contributed by atoms with Crippen LogP contribution in [0.25, 0.3) is 28.3 Å². The van der Waals surface area contributed by atoms with Gasteiger partial charge in [0, 0.05) is 10.6 Å². The van der Waals surface area contributed by atoms with Crippen LogP contribution in [0.2, 0.25) is 5.02 Å². The normalized spacial score (nSPS) is 10.9. The summed E-state index contributed by atoms with van der Waals surface area (Å²) in [7, 11) is 0. The molecular weight excluding hydrogens is 376 g/mol. The first-order valence-electron chi connectivity index (χ1n) is 9.43. The van der Waals surface area contributed by atoms with Crippen LogP contribution < -0.4 is 0 Å². The fourth-order valence-electron chi connectivity index (χ4n) is 3.25. The molecule has 4 aromatic carbocycles. The van der Waals surface area contributed by atoms with Crippen LogP contribution in [0, 0.1) is 0 Å². The van der Waals surface area contributed by atoms with E-state index >= 15 is 0 Å². The maximum atomic E-state index is 12.8. The van der Waals surface area contributed by atoms with Crippen LogP contribution in [0.3, 0.4) is 0 Å². The van der Waals surface area contributed by atoms with Crippen molar-refractivity contribution in [1.29, 1.82) is 0 Å². The van der Waals surface area contributed by atoms with E-state index in [-0.39, 0.29) is 5.78 Å². The monoisotopic (exact) mass is 394 g/mol. The Morgan fingerprint density at radius 2 is 1.24 bits per heavy atom. The molecule has 0 aromatic heterocycles. The summed E-state index contributed by atoms with van der Waals surface area (Å²) < 4.78 is 0. The van der Waals surface area contributed by atoms with Gasteiger partial charge in [0.15, 0.2) is 5.78 Å². The average Bonchev–Trinajstić information content (AvgIpc) is 2.78. The van der Waals surface area contributed by atoms with Gasteiger partial charge in [0.25, 0.3) is 0 Å². The van der Waals surface area contributed by atoms with Crippen molar-refractivity contribution >= 4 is 23.5 Å². The zero-order valence-electron chi connectivity index (χ0n) is 15.8. The predicted molar refractivity (Wildman–Crippen MR) is 122 cm³/mol. The van der Waals surface area contributed by atoms with Crippen LogP contribution >= 0.6 is 11.6 Å². The number of allylic oxidation sites excluding steroid dienone is 1. The summed E-state index contributed by atoms with van der Waals surface area (Å²) in [4.78, 5) is 12.8. The van der Waals surface area contributed by atoms with Gasteiger partial charge in [0.2, 0.25) is 0 Å². The Kier molecular flexibility index (Phi) is 5.69. The molecule has 0 N–H and O–H groups in total. The Hall–Kier alpha value is -3.42. The van der Waals surface area contributed by atoms with Crippen molar-refractivity contribution in [3.8, 4) is 22.3 Å². The molecule has 0 saturated carbocycles. The van der Waals surface area contributed by atoms with Gasteiger partial charge in [-0.1, -0.05) is 96.5 Å². The molecule has 0 heterocycles. The maximum Gasteiger partial charge on any atom is 0.185 e. The molecule has 140 valence electrons. The van der Waals surface area contributed by atoms with Crippen molar-refractivity contribution < 1.29 is 4.79 Å². The summed E-state index contributed by atoms with van der Waals surface area (Å²) in [5.41, 5.74) is 5.78. The Morgan fingerprint density at radius 3 is 1.93 bits per heavy atom. The van der Waals surface area contributed by atoms with Crippen molar-refractivity contribution in [2.75, 3.05) is 0 Å². The molecule has 0 unspecified atom stereocenters. The molecule has 0 spiro atoms. The fourth-order valence-corrected chi connectivity index (χ4v) is 3.48. The summed E-state index contributed by atoms with van der Waals surface area (Å²) in [6.07, 6.45) is 3.45. The minimum Gasteiger partial charge on any atom is -0.289 e. The second kappa shape index (κ2) is 8.72. The van der Waals surface area contributed by atoms with E-state index in [9.17, 15) is 4.79 Å². The standard InChI is InChI=1S/C27H19ClO/c28-26-18-24(22-11-5-2-6-12-22)17-25(19-26)27(29)15-14-20-8-7-13-23(16-20)21-9-3-1-4-10-21/h1-19H. The van der Waals surface area contributed by atoms with Crippen LogP contribution in [0.5, 0.6) is 0 Å². The molecule has 0 aliphatic heterocycles. The van der Waals surface area contributed by atoms with Crippen molar-refractivity contribution in [3.63, 3.8) is 0 Å². The molecule has 0 aliphatic rings. The van der Waals surface area contributed by atoms with Gasteiger partial charge in [0.05, 0.1) is 0 Å². The van der Waals surface area contributed by atoms with Crippen LogP contribution in [0.1, 0.15) is 15.9 Å². The third kappa shape index (κ3) is 4.71. The summed E-state index contributed by atoms with van der Waals surface area (Å²) >= 11 is 6.27. The lowest BCUT2D eigenvalue weighted by Crippen LogP contribution is -1.95. The molecule has 0 radical (unpaired) electrons. The average molecular weight is 395 g/mol. The predicted octanol–water partition coefficient (Wildman–Crippen LogP) is 7.57. The van der Waals surface area contributed by atoms with Gasteiger partial charge in [-0.15, -0.1) is 0 Å². The minimum atomic E-state index is -0.0743. The zero-order chi connectivity index (χ0) is 20.1. The molecule has 0 saturated heterocycles. The first-order valence-corrected chi connectivity index (χ1v) is 9.81. The van der Waals surface area contributed by atoms with E-state index < -0.39 is 0 Å². The first-order chi connectivity index (χ1) is 14.2. The van der Waals surface area contributed by atoms with Gasteiger partial charge < -0.3 is 0 Å². The summed E-state index contributed by atoms with van der Waals surface area (Å²) in [5, 5.41) is 0.550. The smallest absolute Gasteiger partial charge is 0.185 e. The molecular formula is C27H19ClO. The van der Waals surface area contributed by atoms with Gasteiger partial charge in [-0.3, -0.25) is 4.79 Å². The van der Waals surface area contributed by atoms with Gasteiger partial charge in [-0.2, -0.15) is 0 Å². The van der Waals surface area contributed by atoms with E-state index in [2.05, 4.69) is 24.3 Å². The van der Waals surface area contributed by atoms with Gasteiger partial charge >= 0.3 is 0 Å². The molecule has 0 amide bonds. The van der Waals surface area contributed by atoms with Gasteiger partial charge in [-0.25, -0.2) is 0 Å². The number of rotatable bonds is 5. The molecule has 0 aliphatic carbocycles. The number of hydrogen-bond acceptors (Lipinski definition) is 1. The Bertz CT molecular complexity index is 1160. The van der Waals surface area contributed by atoms with Crippen LogP contribution in [0.4, 0.5) is 0 Å². The zero-order valence-corrected chi connectivity index (χ0v) is 16.5. The molecule has 2 heteroatoms. The largest absolute Gasteiger partial charge is 0.289 e.